The van der Waals surface area contributed by atoms with Gasteiger partial charge in [-0.1, -0.05) is 15.9 Å². The Morgan fingerprint density at radius 2 is 2.05 bits per heavy atom. The van der Waals surface area contributed by atoms with Crippen LogP contribution >= 0.6 is 28.3 Å². The van der Waals surface area contributed by atoms with Crippen LogP contribution in [0.2, 0.25) is 0 Å². The molecule has 0 aromatic heterocycles. The van der Waals surface area contributed by atoms with Gasteiger partial charge in [0.15, 0.2) is 0 Å². The minimum absolute atomic E-state index is 0. The second-order valence-corrected chi connectivity index (χ2v) is 4.40. The average Bonchev–Trinajstić information content (AvgIpc) is 2.28. The van der Waals surface area contributed by atoms with Crippen LogP contribution in [-0.2, 0) is 9.53 Å². The molecule has 0 radical (unpaired) electrons. The van der Waals surface area contributed by atoms with E-state index in [1.54, 1.807) is 0 Å². The molecule has 1 rings (SSSR count). The van der Waals surface area contributed by atoms with Gasteiger partial charge in [-0.15, -0.1) is 12.4 Å². The van der Waals surface area contributed by atoms with Crippen molar-refractivity contribution in [1.82, 2.24) is 0 Å². The molecular weight excluding hydrogens is 341 g/mol. The second-order valence-electron chi connectivity index (χ2n) is 3.55. The summed E-state index contributed by atoms with van der Waals surface area (Å²) < 4.78 is 4.90. The van der Waals surface area contributed by atoms with Gasteiger partial charge >= 0.3 is 11.9 Å². The van der Waals surface area contributed by atoms with Crippen LogP contribution in [0.3, 0.4) is 0 Å². The average molecular weight is 355 g/mol. The summed E-state index contributed by atoms with van der Waals surface area (Å²) in [5.41, 5.74) is 5.66. The minimum Gasteiger partial charge on any atom is -0.507 e. The van der Waals surface area contributed by atoms with Crippen LogP contribution in [0.5, 0.6) is 5.75 Å². The fourth-order valence-corrected chi connectivity index (χ4v) is 2.09. The number of rotatable bonds is 4. The first-order chi connectivity index (χ1) is 8.38. The summed E-state index contributed by atoms with van der Waals surface area (Å²) >= 11 is 3.16. The highest BCUT2D eigenvalue weighted by Crippen LogP contribution is 2.35. The van der Waals surface area contributed by atoms with Gasteiger partial charge in [0.05, 0.1) is 13.5 Å². The van der Waals surface area contributed by atoms with Crippen LogP contribution in [0.4, 0.5) is 0 Å². The van der Waals surface area contributed by atoms with E-state index in [1.807, 2.05) is 0 Å². The topological polar surface area (TPSA) is 110 Å². The zero-order valence-electron chi connectivity index (χ0n) is 9.92. The summed E-state index contributed by atoms with van der Waals surface area (Å²) in [7, 11) is 1.22. The lowest BCUT2D eigenvalue weighted by molar-refractivity contribution is -0.141. The summed E-state index contributed by atoms with van der Waals surface area (Å²) in [5.74, 6) is -2.27. The number of carbonyl (C=O) groups is 2. The molecule has 0 aliphatic heterocycles. The van der Waals surface area contributed by atoms with Crippen LogP contribution < -0.4 is 5.73 Å². The Morgan fingerprint density at radius 3 is 2.53 bits per heavy atom. The fraction of sp³-hybridized carbons (Fsp3) is 0.273. The Morgan fingerprint density at radius 1 is 1.47 bits per heavy atom. The maximum atomic E-state index is 11.1. The van der Waals surface area contributed by atoms with E-state index >= 15 is 0 Å². The van der Waals surface area contributed by atoms with Gasteiger partial charge < -0.3 is 20.7 Å². The third kappa shape index (κ3) is 4.09. The van der Waals surface area contributed by atoms with Crippen LogP contribution in [0, 0.1) is 0 Å². The molecule has 0 aliphatic rings. The summed E-state index contributed by atoms with van der Waals surface area (Å²) in [6, 6.07) is 1.84. The number of carbonyl (C=O) groups excluding carboxylic acids is 1. The van der Waals surface area contributed by atoms with E-state index in [4.69, 9.17) is 10.8 Å². The number of hydrogen-bond donors (Lipinski definition) is 3. The molecule has 0 unspecified atom stereocenters. The van der Waals surface area contributed by atoms with Gasteiger partial charge in [-0.2, -0.15) is 0 Å². The van der Waals surface area contributed by atoms with Crippen LogP contribution in [0.1, 0.15) is 28.4 Å². The van der Waals surface area contributed by atoms with Gasteiger partial charge in [0, 0.05) is 16.1 Å². The summed E-state index contributed by atoms with van der Waals surface area (Å²) in [5, 5.41) is 18.7. The smallest absolute Gasteiger partial charge is 0.339 e. The Kier molecular flexibility index (Phi) is 6.82. The zero-order chi connectivity index (χ0) is 13.9. The van der Waals surface area contributed by atoms with Gasteiger partial charge in [0.1, 0.15) is 11.3 Å². The molecule has 0 heterocycles. The van der Waals surface area contributed by atoms with Crippen molar-refractivity contribution < 1.29 is 24.5 Å². The van der Waals surface area contributed by atoms with Crippen molar-refractivity contribution in [2.45, 2.75) is 12.5 Å². The van der Waals surface area contributed by atoms with Crippen molar-refractivity contribution in [3.05, 3.63) is 27.7 Å². The Balaban J connectivity index is 0.00000324. The number of phenols is 1. The normalized spacial score (nSPS) is 11.3. The number of nitrogens with two attached hydrogens (primary N) is 1. The van der Waals surface area contributed by atoms with Gasteiger partial charge in [-0.05, 0) is 12.1 Å². The van der Waals surface area contributed by atoms with Crippen LogP contribution in [-0.4, -0.2) is 29.3 Å². The molecule has 0 aliphatic carbocycles. The highest BCUT2D eigenvalue weighted by atomic mass is 79.9. The number of carboxylic acids is 1. The first-order valence-corrected chi connectivity index (χ1v) is 5.74. The molecule has 8 heteroatoms. The number of carboxylic acid groups (broad SMARTS) is 1. The number of benzene rings is 1. The molecule has 19 heavy (non-hydrogen) atoms. The van der Waals surface area contributed by atoms with Gasteiger partial charge in [0.2, 0.25) is 0 Å². The number of hydrogen-bond acceptors (Lipinski definition) is 5. The molecule has 4 N–H and O–H groups in total. The Bertz CT molecular complexity index is 494. The zero-order valence-corrected chi connectivity index (χ0v) is 12.3. The maximum Gasteiger partial charge on any atom is 0.339 e. The number of ether oxygens (including phenoxy) is 1. The SMILES string of the molecule is COC(=O)C[C@H](N)c1c(Br)ccc(C(=O)O)c1O.Cl. The summed E-state index contributed by atoms with van der Waals surface area (Å²) in [6.45, 7) is 0. The van der Waals surface area contributed by atoms with Gasteiger partial charge in [-0.3, -0.25) is 4.79 Å². The number of aromatic hydroxyl groups is 1. The van der Waals surface area contributed by atoms with Crippen molar-refractivity contribution in [3.8, 4) is 5.75 Å². The van der Waals surface area contributed by atoms with E-state index in [0.717, 1.165) is 0 Å². The van der Waals surface area contributed by atoms with Gasteiger partial charge in [0.25, 0.3) is 0 Å². The van der Waals surface area contributed by atoms with E-state index in [1.165, 1.54) is 19.2 Å². The van der Waals surface area contributed by atoms with Crippen molar-refractivity contribution >= 4 is 40.3 Å². The fourth-order valence-electron chi connectivity index (χ4n) is 1.47. The standard InChI is InChI=1S/C11H12BrNO5.ClH/c1-18-8(14)4-7(13)9-6(12)3-2-5(10(9)15)11(16)17;/h2-3,7,15H,4,13H2,1H3,(H,16,17);1H/t7-;/m0./s1. The highest BCUT2D eigenvalue weighted by molar-refractivity contribution is 9.10. The molecule has 0 amide bonds. The van der Waals surface area contributed by atoms with Crippen molar-refractivity contribution in [2.24, 2.45) is 5.73 Å². The molecule has 106 valence electrons. The second kappa shape index (κ2) is 7.32. The Labute approximate surface area is 124 Å². The van der Waals surface area contributed by atoms with E-state index in [2.05, 4.69) is 20.7 Å². The molecule has 0 saturated carbocycles. The molecule has 1 atom stereocenters. The van der Waals surface area contributed by atoms with Crippen LogP contribution in [0.15, 0.2) is 16.6 Å². The first kappa shape index (κ1) is 17.7. The molecule has 1 aromatic carbocycles. The van der Waals surface area contributed by atoms with Crippen LogP contribution in [0.25, 0.3) is 0 Å². The molecule has 6 nitrogen and oxygen atoms in total. The number of methoxy groups -OCH3 is 1. The molecular formula is C11H13BrClNO5. The maximum absolute atomic E-state index is 11.1. The molecule has 0 fully saturated rings. The molecule has 0 bridgehead atoms. The molecule has 0 saturated heterocycles. The monoisotopic (exact) mass is 353 g/mol. The van der Waals surface area contributed by atoms with Crippen molar-refractivity contribution in [2.75, 3.05) is 7.11 Å². The largest absolute Gasteiger partial charge is 0.507 e. The van der Waals surface area contributed by atoms with E-state index in [9.17, 15) is 14.7 Å². The third-order valence-electron chi connectivity index (χ3n) is 2.38. The molecule has 1 aromatic rings. The quantitative estimate of drug-likeness (QED) is 0.712. The van der Waals surface area contributed by atoms with Crippen molar-refractivity contribution in [3.63, 3.8) is 0 Å². The van der Waals surface area contributed by atoms with E-state index in [0.29, 0.717) is 4.47 Å². The highest BCUT2D eigenvalue weighted by Gasteiger charge is 2.22. The summed E-state index contributed by atoms with van der Waals surface area (Å²) in [6.07, 6.45) is -0.161. The lowest BCUT2D eigenvalue weighted by Crippen LogP contribution is -2.17. The minimum atomic E-state index is -1.27. The van der Waals surface area contributed by atoms with E-state index < -0.39 is 23.7 Å². The molecule has 0 spiro atoms. The number of aromatic carboxylic acids is 1. The predicted octanol–water partition coefficient (Wildman–Crippen LogP) is 1.84. The lowest BCUT2D eigenvalue weighted by atomic mass is 10.0. The number of halogens is 2. The van der Waals surface area contributed by atoms with E-state index in [-0.39, 0.29) is 30.0 Å². The summed E-state index contributed by atoms with van der Waals surface area (Å²) in [4.78, 5) is 22.0. The lowest BCUT2D eigenvalue weighted by Gasteiger charge is -2.15. The number of esters is 1. The van der Waals surface area contributed by atoms with Gasteiger partial charge in [-0.25, -0.2) is 4.79 Å². The first-order valence-electron chi connectivity index (χ1n) is 4.95. The third-order valence-corrected chi connectivity index (χ3v) is 3.07. The predicted molar refractivity (Wildman–Crippen MR) is 73.6 cm³/mol. The van der Waals surface area contributed by atoms with Crippen molar-refractivity contribution in [1.29, 1.82) is 0 Å². The Hall–Kier alpha value is -1.31.